The van der Waals surface area contributed by atoms with Gasteiger partial charge in [0, 0.05) is 6.54 Å². The summed E-state index contributed by atoms with van der Waals surface area (Å²) in [6.45, 7) is 3.37. The molecule has 2 rings (SSSR count). The molecule has 2 atom stereocenters. The van der Waals surface area contributed by atoms with Crippen LogP contribution < -0.4 is 5.73 Å². The highest BCUT2D eigenvalue weighted by molar-refractivity contribution is 5.90. The molecule has 1 aromatic rings. The predicted molar refractivity (Wildman–Crippen MR) is 81.4 cm³/mol. The summed E-state index contributed by atoms with van der Waals surface area (Å²) in [6.07, 6.45) is 1.50. The molecule has 1 heterocycles. The Balaban J connectivity index is 2.29. The lowest BCUT2D eigenvalue weighted by molar-refractivity contribution is -0.141. The smallest absolute Gasteiger partial charge is 0.245 e. The number of carbonyl (C=O) groups excluding carboxylic acids is 2. The van der Waals surface area contributed by atoms with Crippen LogP contribution in [-0.4, -0.2) is 47.8 Å². The Morgan fingerprint density at radius 3 is 2.62 bits per heavy atom. The molecule has 5 nitrogen and oxygen atoms in total. The maximum Gasteiger partial charge on any atom is 0.245 e. The first-order chi connectivity index (χ1) is 10.1. The van der Waals surface area contributed by atoms with E-state index in [-0.39, 0.29) is 11.9 Å². The molecule has 0 spiro atoms. The minimum atomic E-state index is -0.464. The van der Waals surface area contributed by atoms with Gasteiger partial charge < -0.3 is 10.6 Å². The molecule has 2 N–H and O–H groups in total. The van der Waals surface area contributed by atoms with Crippen LogP contribution in [0.1, 0.15) is 31.4 Å². The number of hydrogen-bond acceptors (Lipinski definition) is 3. The number of likely N-dealkylation sites (N-methyl/N-ethyl adjacent to an activating group) is 1. The van der Waals surface area contributed by atoms with E-state index >= 15 is 0 Å². The van der Waals surface area contributed by atoms with Gasteiger partial charge in [-0.2, -0.15) is 0 Å². The topological polar surface area (TPSA) is 66.6 Å². The van der Waals surface area contributed by atoms with Crippen LogP contribution in [0.5, 0.6) is 0 Å². The third-order valence-corrected chi connectivity index (χ3v) is 4.15. The Morgan fingerprint density at radius 2 is 2.05 bits per heavy atom. The van der Waals surface area contributed by atoms with E-state index in [1.54, 1.807) is 4.90 Å². The van der Waals surface area contributed by atoms with E-state index in [1.807, 2.05) is 49.2 Å². The number of carbonyl (C=O) groups is 2. The van der Waals surface area contributed by atoms with Crippen molar-refractivity contribution in [2.24, 2.45) is 5.73 Å². The van der Waals surface area contributed by atoms with Crippen LogP contribution in [0.2, 0.25) is 0 Å². The molecule has 1 fully saturated rings. The van der Waals surface area contributed by atoms with Gasteiger partial charge in [-0.05, 0) is 32.0 Å². The molecule has 0 radical (unpaired) electrons. The molecule has 1 aliphatic rings. The monoisotopic (exact) mass is 289 g/mol. The van der Waals surface area contributed by atoms with E-state index in [1.165, 1.54) is 0 Å². The molecule has 1 saturated heterocycles. The SMILES string of the molecule is CCN(C)C(C(=O)N1CCCC1C(N)=O)c1ccccc1. The molecule has 0 aliphatic carbocycles. The van der Waals surface area contributed by atoms with E-state index < -0.39 is 11.9 Å². The maximum atomic E-state index is 12.9. The number of likely N-dealkylation sites (tertiary alicyclic amines) is 1. The number of nitrogens with two attached hydrogens (primary N) is 1. The number of hydrogen-bond donors (Lipinski definition) is 1. The molecule has 1 aliphatic heterocycles. The van der Waals surface area contributed by atoms with Crippen molar-refractivity contribution in [2.45, 2.75) is 31.8 Å². The first kappa shape index (κ1) is 15.5. The van der Waals surface area contributed by atoms with Gasteiger partial charge in [0.1, 0.15) is 12.1 Å². The number of benzene rings is 1. The molecule has 1 aromatic carbocycles. The Labute approximate surface area is 125 Å². The molecule has 2 unspecified atom stereocenters. The summed E-state index contributed by atoms with van der Waals surface area (Å²) in [5, 5.41) is 0. The second-order valence-electron chi connectivity index (χ2n) is 5.48. The Bertz CT molecular complexity index is 504. The molecule has 114 valence electrons. The van der Waals surface area contributed by atoms with Gasteiger partial charge in [0.05, 0.1) is 0 Å². The van der Waals surface area contributed by atoms with E-state index in [2.05, 4.69) is 0 Å². The first-order valence-electron chi connectivity index (χ1n) is 7.41. The van der Waals surface area contributed by atoms with E-state index in [0.29, 0.717) is 13.0 Å². The zero-order chi connectivity index (χ0) is 15.4. The van der Waals surface area contributed by atoms with Crippen LogP contribution in [0.3, 0.4) is 0 Å². The van der Waals surface area contributed by atoms with Crippen molar-refractivity contribution in [1.82, 2.24) is 9.80 Å². The van der Waals surface area contributed by atoms with Gasteiger partial charge in [0.15, 0.2) is 0 Å². The lowest BCUT2D eigenvalue weighted by Crippen LogP contribution is -2.48. The van der Waals surface area contributed by atoms with Crippen molar-refractivity contribution in [3.8, 4) is 0 Å². The summed E-state index contributed by atoms with van der Waals surface area (Å²) in [7, 11) is 1.92. The first-order valence-corrected chi connectivity index (χ1v) is 7.41. The second-order valence-corrected chi connectivity index (χ2v) is 5.48. The normalized spacial score (nSPS) is 19.8. The largest absolute Gasteiger partial charge is 0.368 e. The fraction of sp³-hybridized carbons (Fsp3) is 0.500. The summed E-state index contributed by atoms with van der Waals surface area (Å²) in [5.41, 5.74) is 6.37. The average Bonchev–Trinajstić information content (AvgIpc) is 2.98. The third-order valence-electron chi connectivity index (χ3n) is 4.15. The molecule has 5 heteroatoms. The van der Waals surface area contributed by atoms with Gasteiger partial charge in [-0.15, -0.1) is 0 Å². The number of amides is 2. The van der Waals surface area contributed by atoms with Crippen molar-refractivity contribution in [3.63, 3.8) is 0 Å². The van der Waals surface area contributed by atoms with Crippen molar-refractivity contribution in [3.05, 3.63) is 35.9 Å². The Morgan fingerprint density at radius 1 is 1.38 bits per heavy atom. The van der Waals surface area contributed by atoms with Gasteiger partial charge in [-0.3, -0.25) is 14.5 Å². The standard InChI is InChI=1S/C16H23N3O2/c1-3-18(2)14(12-8-5-4-6-9-12)16(21)19-11-7-10-13(19)15(17)20/h4-6,8-9,13-14H,3,7,10-11H2,1-2H3,(H2,17,20). The van der Waals surface area contributed by atoms with Crippen molar-refractivity contribution in [1.29, 1.82) is 0 Å². The minimum Gasteiger partial charge on any atom is -0.368 e. The van der Waals surface area contributed by atoms with Crippen LogP contribution in [0, 0.1) is 0 Å². The van der Waals surface area contributed by atoms with Crippen LogP contribution in [0.4, 0.5) is 0 Å². The van der Waals surface area contributed by atoms with Crippen molar-refractivity contribution < 1.29 is 9.59 Å². The maximum absolute atomic E-state index is 12.9. The average molecular weight is 289 g/mol. The second kappa shape index (κ2) is 6.72. The van der Waals surface area contributed by atoms with Crippen LogP contribution >= 0.6 is 0 Å². The number of rotatable bonds is 5. The van der Waals surface area contributed by atoms with Crippen molar-refractivity contribution >= 4 is 11.8 Å². The zero-order valence-corrected chi connectivity index (χ0v) is 12.7. The van der Waals surface area contributed by atoms with Gasteiger partial charge >= 0.3 is 0 Å². The Kier molecular flexibility index (Phi) is 4.96. The quantitative estimate of drug-likeness (QED) is 0.884. The molecule has 0 bridgehead atoms. The summed E-state index contributed by atoms with van der Waals surface area (Å²) >= 11 is 0. The van der Waals surface area contributed by atoms with Crippen molar-refractivity contribution in [2.75, 3.05) is 20.1 Å². The summed E-state index contributed by atoms with van der Waals surface area (Å²) in [4.78, 5) is 28.1. The van der Waals surface area contributed by atoms with Gasteiger partial charge in [-0.1, -0.05) is 37.3 Å². The van der Waals surface area contributed by atoms with Gasteiger partial charge in [0.25, 0.3) is 0 Å². The third kappa shape index (κ3) is 3.24. The molecule has 2 amide bonds. The lowest BCUT2D eigenvalue weighted by atomic mass is 10.0. The highest BCUT2D eigenvalue weighted by Crippen LogP contribution is 2.26. The summed E-state index contributed by atoms with van der Waals surface area (Å²) in [6, 6.07) is 8.85. The van der Waals surface area contributed by atoms with E-state index in [9.17, 15) is 9.59 Å². The zero-order valence-electron chi connectivity index (χ0n) is 12.7. The fourth-order valence-electron chi connectivity index (χ4n) is 2.89. The predicted octanol–water partition coefficient (Wildman–Crippen LogP) is 1.16. The van der Waals surface area contributed by atoms with Gasteiger partial charge in [-0.25, -0.2) is 0 Å². The number of nitrogens with zero attached hydrogens (tertiary/aromatic N) is 2. The minimum absolute atomic E-state index is 0.0353. The fourth-order valence-corrected chi connectivity index (χ4v) is 2.89. The van der Waals surface area contributed by atoms with Crippen LogP contribution in [0.25, 0.3) is 0 Å². The highest BCUT2D eigenvalue weighted by Gasteiger charge is 2.37. The molecular formula is C16H23N3O2. The molecule has 0 aromatic heterocycles. The van der Waals surface area contributed by atoms with Crippen LogP contribution in [0.15, 0.2) is 30.3 Å². The summed E-state index contributed by atoms with van der Waals surface area (Å²) in [5.74, 6) is -0.446. The van der Waals surface area contributed by atoms with E-state index in [4.69, 9.17) is 5.73 Å². The lowest BCUT2D eigenvalue weighted by Gasteiger charge is -2.32. The molecule has 0 saturated carbocycles. The molecule has 21 heavy (non-hydrogen) atoms. The molecular weight excluding hydrogens is 266 g/mol. The van der Waals surface area contributed by atoms with E-state index in [0.717, 1.165) is 18.5 Å². The Hall–Kier alpha value is -1.88. The number of primary amides is 1. The van der Waals surface area contributed by atoms with Gasteiger partial charge in [0.2, 0.25) is 11.8 Å². The highest BCUT2D eigenvalue weighted by atomic mass is 16.2. The summed E-state index contributed by atoms with van der Waals surface area (Å²) < 4.78 is 0. The van der Waals surface area contributed by atoms with Crippen LogP contribution in [-0.2, 0) is 9.59 Å².